The summed E-state index contributed by atoms with van der Waals surface area (Å²) in [6.45, 7) is 4.65. The van der Waals surface area contributed by atoms with Crippen molar-refractivity contribution in [2.45, 2.75) is 57.5 Å². The van der Waals surface area contributed by atoms with E-state index in [4.69, 9.17) is 0 Å². The molecule has 0 unspecified atom stereocenters. The molecule has 2 aromatic carbocycles. The number of nitrogens with one attached hydrogen (secondary N) is 1. The highest BCUT2D eigenvalue weighted by Gasteiger charge is 2.43. The molecule has 3 aliphatic rings. The second-order valence-corrected chi connectivity index (χ2v) is 9.74. The molecular formula is C27H32N4O4. The van der Waals surface area contributed by atoms with Crippen molar-refractivity contribution in [3.05, 3.63) is 65.2 Å². The highest BCUT2D eigenvalue weighted by molar-refractivity contribution is 6.01. The van der Waals surface area contributed by atoms with E-state index in [0.29, 0.717) is 18.7 Å². The summed E-state index contributed by atoms with van der Waals surface area (Å²) < 4.78 is 0. The van der Waals surface area contributed by atoms with Crippen LogP contribution >= 0.6 is 0 Å². The van der Waals surface area contributed by atoms with Gasteiger partial charge < -0.3 is 25.1 Å². The standard InChI is InChI=1S/C27H32N4O4/c1-18(30-16-20-6-2-3-7-23(20)27(30)35)26(34)31-17-22(32)14-24(31)25(33)28-15-19-8-10-21(11-9-19)29-12-4-5-13-29/h2-3,6-11,18,22,24,32H,4-5,12-17H2,1H3,(H,28,33)/t18-,22+,24-/m0/s1. The van der Waals surface area contributed by atoms with Crippen LogP contribution in [0.5, 0.6) is 0 Å². The van der Waals surface area contributed by atoms with E-state index < -0.39 is 18.2 Å². The van der Waals surface area contributed by atoms with Crippen LogP contribution < -0.4 is 10.2 Å². The number of amides is 3. The van der Waals surface area contributed by atoms with E-state index in [1.54, 1.807) is 13.0 Å². The van der Waals surface area contributed by atoms with Crippen LogP contribution in [-0.4, -0.2) is 70.4 Å². The molecule has 0 spiro atoms. The predicted molar refractivity (Wildman–Crippen MR) is 132 cm³/mol. The minimum atomic E-state index is -0.770. The van der Waals surface area contributed by atoms with Crippen molar-refractivity contribution in [3.8, 4) is 0 Å². The Morgan fingerprint density at radius 1 is 1.09 bits per heavy atom. The largest absolute Gasteiger partial charge is 0.391 e. The third kappa shape index (κ3) is 4.62. The van der Waals surface area contributed by atoms with Gasteiger partial charge >= 0.3 is 0 Å². The Hall–Kier alpha value is -3.39. The minimum absolute atomic E-state index is 0.0841. The monoisotopic (exact) mass is 476 g/mol. The third-order valence-corrected chi connectivity index (χ3v) is 7.41. The lowest BCUT2D eigenvalue weighted by Gasteiger charge is -2.30. The molecule has 0 aliphatic carbocycles. The number of rotatable bonds is 6. The number of hydrogen-bond acceptors (Lipinski definition) is 5. The van der Waals surface area contributed by atoms with E-state index in [-0.39, 0.29) is 30.7 Å². The summed E-state index contributed by atoms with van der Waals surface area (Å²) in [7, 11) is 0. The fraction of sp³-hybridized carbons (Fsp3) is 0.444. The molecule has 3 heterocycles. The number of benzene rings is 2. The van der Waals surface area contributed by atoms with Crippen molar-refractivity contribution in [1.29, 1.82) is 0 Å². The Bertz CT molecular complexity index is 1110. The summed E-state index contributed by atoms with van der Waals surface area (Å²) in [6, 6.07) is 14.0. The second-order valence-electron chi connectivity index (χ2n) is 9.74. The van der Waals surface area contributed by atoms with Crippen molar-refractivity contribution in [2.24, 2.45) is 0 Å². The Balaban J connectivity index is 1.21. The van der Waals surface area contributed by atoms with Crippen LogP contribution in [0, 0.1) is 0 Å². The molecule has 3 amide bonds. The predicted octanol–water partition coefficient (Wildman–Crippen LogP) is 1.91. The zero-order valence-corrected chi connectivity index (χ0v) is 20.0. The molecule has 8 nitrogen and oxygen atoms in total. The van der Waals surface area contributed by atoms with Crippen molar-refractivity contribution >= 4 is 23.4 Å². The molecule has 0 bridgehead atoms. The van der Waals surface area contributed by atoms with E-state index in [1.807, 2.05) is 30.3 Å². The molecule has 0 radical (unpaired) electrons. The molecule has 2 N–H and O–H groups in total. The number of fused-ring (bicyclic) bond motifs is 1. The number of β-amino-alcohol motifs (C(OH)–C–C–N with tert-alkyl or cyclic N) is 1. The first kappa shape index (κ1) is 23.4. The highest BCUT2D eigenvalue weighted by atomic mass is 16.3. The summed E-state index contributed by atoms with van der Waals surface area (Å²) in [5, 5.41) is 13.2. The Morgan fingerprint density at radius 2 is 1.80 bits per heavy atom. The van der Waals surface area contributed by atoms with Gasteiger partial charge in [0.25, 0.3) is 5.91 Å². The summed E-state index contributed by atoms with van der Waals surface area (Å²) in [5.41, 5.74) is 3.68. The normalized spacial score (nSPS) is 22.5. The number of carbonyl (C=O) groups is 3. The van der Waals surface area contributed by atoms with Crippen molar-refractivity contribution in [3.63, 3.8) is 0 Å². The number of aliphatic hydroxyl groups is 1. The van der Waals surface area contributed by atoms with Crippen molar-refractivity contribution in [1.82, 2.24) is 15.1 Å². The lowest BCUT2D eigenvalue weighted by atomic mass is 10.1. The maximum absolute atomic E-state index is 13.4. The van der Waals surface area contributed by atoms with Crippen molar-refractivity contribution in [2.75, 3.05) is 24.5 Å². The summed E-state index contributed by atoms with van der Waals surface area (Å²) in [4.78, 5) is 44.6. The molecule has 2 fully saturated rings. The van der Waals surface area contributed by atoms with Gasteiger partial charge in [-0.2, -0.15) is 0 Å². The van der Waals surface area contributed by atoms with Gasteiger partial charge in [0.15, 0.2) is 0 Å². The van der Waals surface area contributed by atoms with Gasteiger partial charge in [0.2, 0.25) is 11.8 Å². The molecule has 0 aromatic heterocycles. The van der Waals surface area contributed by atoms with E-state index >= 15 is 0 Å². The molecule has 2 aromatic rings. The van der Waals surface area contributed by atoms with E-state index in [0.717, 1.165) is 24.2 Å². The first-order chi connectivity index (χ1) is 16.9. The van der Waals surface area contributed by atoms with E-state index in [2.05, 4.69) is 22.3 Å². The number of carbonyl (C=O) groups excluding carboxylic acids is 3. The van der Waals surface area contributed by atoms with Crippen LogP contribution in [0.4, 0.5) is 5.69 Å². The average molecular weight is 477 g/mol. The number of aliphatic hydroxyl groups excluding tert-OH is 1. The molecule has 2 saturated heterocycles. The average Bonchev–Trinajstić information content (AvgIpc) is 3.62. The van der Waals surface area contributed by atoms with Gasteiger partial charge in [-0.15, -0.1) is 0 Å². The zero-order valence-electron chi connectivity index (χ0n) is 20.0. The van der Waals surface area contributed by atoms with Gasteiger partial charge in [-0.25, -0.2) is 0 Å². The molecular weight excluding hydrogens is 444 g/mol. The SMILES string of the molecule is C[C@@H](C(=O)N1C[C@H](O)C[C@H]1C(=O)NCc1ccc(N2CCCC2)cc1)N1Cc2ccccc2C1=O. The minimum Gasteiger partial charge on any atom is -0.391 e. The van der Waals surface area contributed by atoms with Crippen LogP contribution in [-0.2, 0) is 22.7 Å². The molecule has 3 aliphatic heterocycles. The topological polar surface area (TPSA) is 93.2 Å². The third-order valence-electron chi connectivity index (χ3n) is 7.41. The Labute approximate surface area is 205 Å². The fourth-order valence-electron chi connectivity index (χ4n) is 5.38. The smallest absolute Gasteiger partial charge is 0.255 e. The maximum Gasteiger partial charge on any atom is 0.255 e. The van der Waals surface area contributed by atoms with E-state index in [9.17, 15) is 19.5 Å². The summed E-state index contributed by atoms with van der Waals surface area (Å²) in [5.74, 6) is -0.792. The Morgan fingerprint density at radius 3 is 2.51 bits per heavy atom. The first-order valence-electron chi connectivity index (χ1n) is 12.4. The summed E-state index contributed by atoms with van der Waals surface area (Å²) >= 11 is 0. The van der Waals surface area contributed by atoms with Gasteiger partial charge in [-0.3, -0.25) is 14.4 Å². The zero-order chi connectivity index (χ0) is 24.5. The molecule has 3 atom stereocenters. The Kier molecular flexibility index (Phi) is 6.47. The molecule has 184 valence electrons. The van der Waals surface area contributed by atoms with Gasteiger partial charge in [-0.05, 0) is 49.1 Å². The highest BCUT2D eigenvalue weighted by Crippen LogP contribution is 2.27. The number of nitrogens with zero attached hydrogens (tertiary/aromatic N) is 3. The van der Waals surface area contributed by atoms with Gasteiger partial charge in [0.05, 0.1) is 6.10 Å². The van der Waals surface area contributed by atoms with Crippen LogP contribution in [0.3, 0.4) is 0 Å². The van der Waals surface area contributed by atoms with Crippen LogP contribution in [0.2, 0.25) is 0 Å². The number of likely N-dealkylation sites (tertiary alicyclic amines) is 1. The van der Waals surface area contributed by atoms with E-state index in [1.165, 1.54) is 28.3 Å². The lowest BCUT2D eigenvalue weighted by molar-refractivity contribution is -0.141. The molecule has 35 heavy (non-hydrogen) atoms. The first-order valence-corrected chi connectivity index (χ1v) is 12.4. The number of anilines is 1. The lowest BCUT2D eigenvalue weighted by Crippen LogP contribution is -2.52. The van der Waals surface area contributed by atoms with Crippen LogP contribution in [0.25, 0.3) is 0 Å². The van der Waals surface area contributed by atoms with Gasteiger partial charge in [-0.1, -0.05) is 30.3 Å². The molecule has 0 saturated carbocycles. The van der Waals surface area contributed by atoms with Crippen LogP contribution in [0.15, 0.2) is 48.5 Å². The van der Waals surface area contributed by atoms with Crippen LogP contribution in [0.1, 0.15) is 47.7 Å². The maximum atomic E-state index is 13.4. The fourth-order valence-corrected chi connectivity index (χ4v) is 5.38. The van der Waals surface area contributed by atoms with Gasteiger partial charge in [0, 0.05) is 50.4 Å². The van der Waals surface area contributed by atoms with Gasteiger partial charge in [0.1, 0.15) is 12.1 Å². The second kappa shape index (κ2) is 9.70. The molecule has 5 rings (SSSR count). The molecule has 8 heteroatoms. The quantitative estimate of drug-likeness (QED) is 0.665. The summed E-state index contributed by atoms with van der Waals surface area (Å²) in [6.07, 6.45) is 1.86. The van der Waals surface area contributed by atoms with Crippen molar-refractivity contribution < 1.29 is 19.5 Å². The number of hydrogen-bond donors (Lipinski definition) is 2.